The van der Waals surface area contributed by atoms with Crippen LogP contribution in [-0.2, 0) is 4.79 Å². The van der Waals surface area contributed by atoms with Crippen LogP contribution in [0, 0.1) is 5.92 Å². The van der Waals surface area contributed by atoms with Gasteiger partial charge in [0, 0.05) is 6.04 Å². The first-order valence-electron chi connectivity index (χ1n) is 5.82. The average molecular weight is 228 g/mol. The largest absolute Gasteiger partial charge is 0.480 e. The average Bonchev–Trinajstić information content (AvgIpc) is 2.97. The number of carbonyl (C=O) groups excluding carboxylic acids is 1. The van der Waals surface area contributed by atoms with Crippen molar-refractivity contribution < 1.29 is 14.7 Å². The Morgan fingerprint density at radius 2 is 2.00 bits per heavy atom. The highest BCUT2D eigenvalue weighted by molar-refractivity contribution is 5.82. The number of hydrogen-bond acceptors (Lipinski definition) is 2. The summed E-state index contributed by atoms with van der Waals surface area (Å²) in [7, 11) is 0. The van der Waals surface area contributed by atoms with Crippen LogP contribution in [0.15, 0.2) is 0 Å². The van der Waals surface area contributed by atoms with Crippen molar-refractivity contribution in [2.24, 2.45) is 5.92 Å². The van der Waals surface area contributed by atoms with Crippen molar-refractivity contribution in [3.05, 3.63) is 0 Å². The Morgan fingerprint density at radius 1 is 1.38 bits per heavy atom. The van der Waals surface area contributed by atoms with Gasteiger partial charge >= 0.3 is 12.0 Å². The second-order valence-corrected chi connectivity index (χ2v) is 4.50. The summed E-state index contributed by atoms with van der Waals surface area (Å²) >= 11 is 0. The van der Waals surface area contributed by atoms with Crippen LogP contribution in [0.2, 0.25) is 0 Å². The zero-order valence-electron chi connectivity index (χ0n) is 9.82. The van der Waals surface area contributed by atoms with Crippen LogP contribution < -0.4 is 10.6 Å². The Hall–Kier alpha value is -1.26. The van der Waals surface area contributed by atoms with Crippen LogP contribution in [0.1, 0.15) is 39.5 Å². The number of urea groups is 1. The van der Waals surface area contributed by atoms with Gasteiger partial charge in [-0.25, -0.2) is 9.59 Å². The molecule has 0 aromatic rings. The summed E-state index contributed by atoms with van der Waals surface area (Å²) in [5.41, 5.74) is 0. The summed E-state index contributed by atoms with van der Waals surface area (Å²) < 4.78 is 0. The molecule has 1 rings (SSSR count). The van der Waals surface area contributed by atoms with E-state index in [4.69, 9.17) is 5.11 Å². The van der Waals surface area contributed by atoms with Crippen LogP contribution in [0.5, 0.6) is 0 Å². The molecule has 0 saturated heterocycles. The maximum Gasteiger partial charge on any atom is 0.326 e. The predicted octanol–water partition coefficient (Wildman–Crippen LogP) is 1.34. The molecule has 2 amide bonds. The van der Waals surface area contributed by atoms with Crippen LogP contribution >= 0.6 is 0 Å². The molecule has 0 aliphatic heterocycles. The van der Waals surface area contributed by atoms with E-state index in [1.165, 1.54) is 12.8 Å². The van der Waals surface area contributed by atoms with Crippen molar-refractivity contribution in [3.63, 3.8) is 0 Å². The molecular formula is C11H20N2O3. The standard InChI is InChI=1S/C11H20N2O3/c1-3-9(10(14)15)13-11(16)12-7(2)6-8-4-5-8/h7-9H,3-6H2,1-2H3,(H,14,15)(H2,12,13,16). The van der Waals surface area contributed by atoms with E-state index in [-0.39, 0.29) is 12.1 Å². The number of rotatable bonds is 6. The highest BCUT2D eigenvalue weighted by Crippen LogP contribution is 2.33. The maximum absolute atomic E-state index is 11.4. The molecule has 1 fully saturated rings. The molecule has 0 spiro atoms. The third-order valence-corrected chi connectivity index (χ3v) is 2.77. The fourth-order valence-corrected chi connectivity index (χ4v) is 1.67. The molecule has 1 aliphatic rings. The number of nitrogens with one attached hydrogen (secondary N) is 2. The van der Waals surface area contributed by atoms with Gasteiger partial charge in [-0.05, 0) is 25.7 Å². The summed E-state index contributed by atoms with van der Waals surface area (Å²) in [6.45, 7) is 3.67. The molecule has 92 valence electrons. The van der Waals surface area contributed by atoms with Gasteiger partial charge in [0.15, 0.2) is 0 Å². The van der Waals surface area contributed by atoms with E-state index in [9.17, 15) is 9.59 Å². The van der Waals surface area contributed by atoms with Crippen LogP contribution in [0.3, 0.4) is 0 Å². The molecule has 0 heterocycles. The number of hydrogen-bond donors (Lipinski definition) is 3. The van der Waals surface area contributed by atoms with Crippen molar-refractivity contribution in [2.45, 2.75) is 51.6 Å². The second kappa shape index (κ2) is 5.72. The fraction of sp³-hybridized carbons (Fsp3) is 0.818. The third kappa shape index (κ3) is 4.51. The summed E-state index contributed by atoms with van der Waals surface area (Å²) in [5.74, 6) is -0.246. The van der Waals surface area contributed by atoms with Gasteiger partial charge in [-0.3, -0.25) is 0 Å². The lowest BCUT2D eigenvalue weighted by molar-refractivity contribution is -0.139. The molecule has 0 bridgehead atoms. The van der Waals surface area contributed by atoms with Crippen molar-refractivity contribution in [1.29, 1.82) is 0 Å². The highest BCUT2D eigenvalue weighted by atomic mass is 16.4. The first-order valence-corrected chi connectivity index (χ1v) is 5.82. The van der Waals surface area contributed by atoms with Gasteiger partial charge in [-0.1, -0.05) is 19.8 Å². The van der Waals surface area contributed by atoms with Gasteiger partial charge in [0.05, 0.1) is 0 Å². The molecule has 16 heavy (non-hydrogen) atoms. The van der Waals surface area contributed by atoms with E-state index in [1.54, 1.807) is 6.92 Å². The minimum atomic E-state index is -0.993. The Morgan fingerprint density at radius 3 is 2.44 bits per heavy atom. The molecule has 0 radical (unpaired) electrons. The van der Waals surface area contributed by atoms with Crippen molar-refractivity contribution in [3.8, 4) is 0 Å². The lowest BCUT2D eigenvalue weighted by Crippen LogP contribution is -2.48. The maximum atomic E-state index is 11.4. The van der Waals surface area contributed by atoms with Gasteiger partial charge in [0.25, 0.3) is 0 Å². The number of carboxylic acid groups (broad SMARTS) is 1. The molecule has 0 aromatic carbocycles. The van der Waals surface area contributed by atoms with E-state index in [1.807, 2.05) is 6.92 Å². The predicted molar refractivity (Wildman–Crippen MR) is 60.2 cm³/mol. The SMILES string of the molecule is CCC(NC(=O)NC(C)CC1CC1)C(=O)O. The second-order valence-electron chi connectivity index (χ2n) is 4.50. The minimum Gasteiger partial charge on any atom is -0.480 e. The minimum absolute atomic E-state index is 0.110. The Kier molecular flexibility index (Phi) is 4.58. The molecular weight excluding hydrogens is 208 g/mol. The van der Waals surface area contributed by atoms with Crippen molar-refractivity contribution in [1.82, 2.24) is 10.6 Å². The number of amides is 2. The lowest BCUT2D eigenvalue weighted by Gasteiger charge is -2.17. The summed E-state index contributed by atoms with van der Waals surface area (Å²) in [4.78, 5) is 22.1. The summed E-state index contributed by atoms with van der Waals surface area (Å²) in [6, 6.07) is -1.07. The van der Waals surface area contributed by atoms with E-state index >= 15 is 0 Å². The van der Waals surface area contributed by atoms with Crippen LogP contribution in [0.25, 0.3) is 0 Å². The molecule has 1 saturated carbocycles. The summed E-state index contributed by atoms with van der Waals surface area (Å²) in [6.07, 6.45) is 3.87. The van der Waals surface area contributed by atoms with Crippen LogP contribution in [-0.4, -0.2) is 29.2 Å². The molecule has 2 unspecified atom stereocenters. The van der Waals surface area contributed by atoms with Gasteiger partial charge in [0.1, 0.15) is 6.04 Å². The number of carbonyl (C=O) groups is 2. The fourth-order valence-electron chi connectivity index (χ4n) is 1.67. The first-order chi connectivity index (χ1) is 7.52. The quantitative estimate of drug-likeness (QED) is 0.642. The van der Waals surface area contributed by atoms with E-state index < -0.39 is 12.0 Å². The number of aliphatic carboxylic acids is 1. The van der Waals surface area contributed by atoms with Gasteiger partial charge in [-0.2, -0.15) is 0 Å². The monoisotopic (exact) mass is 228 g/mol. The summed E-state index contributed by atoms with van der Waals surface area (Å²) in [5, 5.41) is 14.0. The third-order valence-electron chi connectivity index (χ3n) is 2.77. The first kappa shape index (κ1) is 12.8. The van der Waals surface area contributed by atoms with Crippen molar-refractivity contribution in [2.75, 3.05) is 0 Å². The Labute approximate surface area is 95.6 Å². The zero-order chi connectivity index (χ0) is 12.1. The van der Waals surface area contributed by atoms with E-state index in [0.29, 0.717) is 6.42 Å². The Balaban J connectivity index is 2.24. The van der Waals surface area contributed by atoms with E-state index in [2.05, 4.69) is 10.6 Å². The highest BCUT2D eigenvalue weighted by Gasteiger charge is 2.25. The molecule has 1 aliphatic carbocycles. The van der Waals surface area contributed by atoms with E-state index in [0.717, 1.165) is 12.3 Å². The van der Waals surface area contributed by atoms with Crippen LogP contribution in [0.4, 0.5) is 4.79 Å². The molecule has 5 nitrogen and oxygen atoms in total. The smallest absolute Gasteiger partial charge is 0.326 e. The number of carboxylic acids is 1. The van der Waals surface area contributed by atoms with Gasteiger partial charge < -0.3 is 15.7 Å². The molecule has 0 aromatic heterocycles. The molecule has 5 heteroatoms. The molecule has 2 atom stereocenters. The lowest BCUT2D eigenvalue weighted by atomic mass is 10.1. The Bertz CT molecular complexity index is 264. The zero-order valence-corrected chi connectivity index (χ0v) is 9.82. The molecule has 3 N–H and O–H groups in total. The van der Waals surface area contributed by atoms with Gasteiger partial charge in [-0.15, -0.1) is 0 Å². The normalized spacial score (nSPS) is 18.6. The van der Waals surface area contributed by atoms with Crippen molar-refractivity contribution >= 4 is 12.0 Å². The topological polar surface area (TPSA) is 78.4 Å². The van der Waals surface area contributed by atoms with Gasteiger partial charge in [0.2, 0.25) is 0 Å².